The Kier molecular flexibility index (Phi) is 5.77. The minimum absolute atomic E-state index is 0.112. The van der Waals surface area contributed by atoms with E-state index in [1.54, 1.807) is 0 Å². The SMILES string of the molecule is CC(NS(=O)(=O)CC1CCC1)C1CCN(CC(F)(F)F)CC1. The zero-order valence-electron chi connectivity index (χ0n) is 12.9. The van der Waals surface area contributed by atoms with Gasteiger partial charge in [-0.1, -0.05) is 6.42 Å². The third-order valence-corrected chi connectivity index (χ3v) is 6.43. The highest BCUT2D eigenvalue weighted by molar-refractivity contribution is 7.89. The van der Waals surface area contributed by atoms with Crippen LogP contribution in [-0.2, 0) is 10.0 Å². The summed E-state index contributed by atoms with van der Waals surface area (Å²) in [5.74, 6) is 0.573. The van der Waals surface area contributed by atoms with Gasteiger partial charge in [-0.25, -0.2) is 13.1 Å². The Labute approximate surface area is 130 Å². The molecule has 1 atom stereocenters. The van der Waals surface area contributed by atoms with E-state index in [2.05, 4.69) is 4.72 Å². The molecule has 1 unspecified atom stereocenters. The highest BCUT2D eigenvalue weighted by atomic mass is 32.2. The van der Waals surface area contributed by atoms with Gasteiger partial charge in [0.15, 0.2) is 0 Å². The lowest BCUT2D eigenvalue weighted by Crippen LogP contribution is -2.47. The molecule has 2 rings (SSSR count). The van der Waals surface area contributed by atoms with Crippen molar-refractivity contribution >= 4 is 10.0 Å². The molecule has 0 aromatic heterocycles. The van der Waals surface area contributed by atoms with Crippen molar-refractivity contribution in [2.45, 2.75) is 51.2 Å². The van der Waals surface area contributed by atoms with Crippen LogP contribution in [0.5, 0.6) is 0 Å². The van der Waals surface area contributed by atoms with E-state index < -0.39 is 22.7 Å². The van der Waals surface area contributed by atoms with Gasteiger partial charge in [-0.05, 0) is 57.5 Å². The van der Waals surface area contributed by atoms with Gasteiger partial charge >= 0.3 is 6.18 Å². The fourth-order valence-electron chi connectivity index (χ4n) is 3.26. The topological polar surface area (TPSA) is 49.4 Å². The number of likely N-dealkylation sites (tertiary alicyclic amines) is 1. The van der Waals surface area contributed by atoms with Crippen LogP contribution in [0.15, 0.2) is 0 Å². The summed E-state index contributed by atoms with van der Waals surface area (Å²) in [7, 11) is -3.28. The molecule has 1 saturated heterocycles. The summed E-state index contributed by atoms with van der Waals surface area (Å²) < 4.78 is 63.9. The summed E-state index contributed by atoms with van der Waals surface area (Å²) in [6.07, 6.45) is 0.0961. The first-order valence-corrected chi connectivity index (χ1v) is 9.59. The molecule has 1 N–H and O–H groups in total. The second-order valence-electron chi connectivity index (χ2n) is 6.71. The van der Waals surface area contributed by atoms with Crippen molar-refractivity contribution in [3.63, 3.8) is 0 Å². The van der Waals surface area contributed by atoms with Gasteiger partial charge in [-0.2, -0.15) is 13.2 Å². The van der Waals surface area contributed by atoms with E-state index in [1.165, 1.54) is 4.90 Å². The van der Waals surface area contributed by atoms with E-state index >= 15 is 0 Å². The molecule has 0 bridgehead atoms. The standard InChI is InChI=1S/C14H25F3N2O2S/c1-11(18-22(20,21)9-12-3-2-4-12)13-5-7-19(8-6-13)10-14(15,16)17/h11-13,18H,2-10H2,1H3. The van der Waals surface area contributed by atoms with Gasteiger partial charge in [0.25, 0.3) is 0 Å². The third-order valence-electron chi connectivity index (χ3n) is 4.79. The molecule has 0 radical (unpaired) electrons. The van der Waals surface area contributed by atoms with Gasteiger partial charge in [0, 0.05) is 6.04 Å². The van der Waals surface area contributed by atoms with E-state index in [0.29, 0.717) is 25.9 Å². The second kappa shape index (κ2) is 7.05. The average molecular weight is 342 g/mol. The molecule has 1 saturated carbocycles. The molecule has 0 aromatic rings. The maximum Gasteiger partial charge on any atom is 0.401 e. The van der Waals surface area contributed by atoms with Crippen LogP contribution >= 0.6 is 0 Å². The summed E-state index contributed by atoms with van der Waals surface area (Å²) in [6.45, 7) is 1.70. The predicted molar refractivity (Wildman–Crippen MR) is 78.9 cm³/mol. The summed E-state index contributed by atoms with van der Waals surface area (Å²) >= 11 is 0. The van der Waals surface area contributed by atoms with Crippen LogP contribution in [0.25, 0.3) is 0 Å². The van der Waals surface area contributed by atoms with Crippen LogP contribution in [0.2, 0.25) is 0 Å². The Morgan fingerprint density at radius 3 is 2.23 bits per heavy atom. The fourth-order valence-corrected chi connectivity index (χ4v) is 5.07. The summed E-state index contributed by atoms with van der Waals surface area (Å²) in [6, 6.07) is -0.210. The molecule has 0 amide bonds. The van der Waals surface area contributed by atoms with Crippen molar-refractivity contribution < 1.29 is 21.6 Å². The van der Waals surface area contributed by atoms with Crippen LogP contribution < -0.4 is 4.72 Å². The van der Waals surface area contributed by atoms with Crippen LogP contribution in [0.1, 0.15) is 39.0 Å². The van der Waals surface area contributed by atoms with Gasteiger partial charge in [0.2, 0.25) is 10.0 Å². The minimum Gasteiger partial charge on any atom is -0.295 e. The van der Waals surface area contributed by atoms with Gasteiger partial charge < -0.3 is 0 Å². The normalized spacial score (nSPS) is 24.2. The van der Waals surface area contributed by atoms with Gasteiger partial charge in [-0.3, -0.25) is 4.90 Å². The number of sulfonamides is 1. The Hall–Kier alpha value is -0.340. The maximum atomic E-state index is 12.3. The molecule has 1 aliphatic heterocycles. The van der Waals surface area contributed by atoms with Crippen LogP contribution in [0.3, 0.4) is 0 Å². The fraction of sp³-hybridized carbons (Fsp3) is 1.00. The Morgan fingerprint density at radius 1 is 1.18 bits per heavy atom. The Morgan fingerprint density at radius 2 is 1.77 bits per heavy atom. The molecule has 130 valence electrons. The third kappa shape index (κ3) is 5.70. The lowest BCUT2D eigenvalue weighted by atomic mass is 9.87. The first kappa shape index (κ1) is 18.0. The Bertz CT molecular complexity index is 455. The number of rotatable bonds is 6. The van der Waals surface area contributed by atoms with E-state index in [-0.39, 0.29) is 23.6 Å². The first-order chi connectivity index (χ1) is 10.1. The summed E-state index contributed by atoms with van der Waals surface area (Å²) in [5, 5.41) is 0. The number of nitrogens with zero attached hydrogens (tertiary/aromatic N) is 1. The zero-order valence-corrected chi connectivity index (χ0v) is 13.7. The highest BCUT2D eigenvalue weighted by Crippen LogP contribution is 2.28. The number of piperidine rings is 1. The molecule has 2 fully saturated rings. The quantitative estimate of drug-likeness (QED) is 0.806. The van der Waals surface area contributed by atoms with Crippen molar-refractivity contribution in [1.29, 1.82) is 0 Å². The largest absolute Gasteiger partial charge is 0.401 e. The lowest BCUT2D eigenvalue weighted by molar-refractivity contribution is -0.148. The lowest BCUT2D eigenvalue weighted by Gasteiger charge is -2.35. The molecule has 22 heavy (non-hydrogen) atoms. The molecular formula is C14H25F3N2O2S. The summed E-state index contributed by atoms with van der Waals surface area (Å²) in [5.41, 5.74) is 0. The summed E-state index contributed by atoms with van der Waals surface area (Å²) in [4.78, 5) is 1.39. The van der Waals surface area contributed by atoms with Gasteiger partial charge in [0.05, 0.1) is 12.3 Å². The number of halogens is 3. The highest BCUT2D eigenvalue weighted by Gasteiger charge is 2.34. The van der Waals surface area contributed by atoms with Crippen molar-refractivity contribution in [3.8, 4) is 0 Å². The number of alkyl halides is 3. The zero-order chi connectivity index (χ0) is 16.4. The number of hydrogen-bond donors (Lipinski definition) is 1. The van der Waals surface area contributed by atoms with E-state index in [0.717, 1.165) is 19.3 Å². The molecule has 0 aromatic carbocycles. The molecule has 1 aliphatic carbocycles. The first-order valence-electron chi connectivity index (χ1n) is 7.94. The van der Waals surface area contributed by atoms with E-state index in [1.807, 2.05) is 6.92 Å². The van der Waals surface area contributed by atoms with Crippen LogP contribution in [-0.4, -0.2) is 50.9 Å². The molecular weight excluding hydrogens is 317 g/mol. The van der Waals surface area contributed by atoms with E-state index in [9.17, 15) is 21.6 Å². The number of nitrogens with one attached hydrogen (secondary N) is 1. The minimum atomic E-state index is -4.16. The van der Waals surface area contributed by atoms with Crippen LogP contribution in [0, 0.1) is 11.8 Å². The predicted octanol–water partition coefficient (Wildman–Crippen LogP) is 2.37. The van der Waals surface area contributed by atoms with Crippen molar-refractivity contribution in [1.82, 2.24) is 9.62 Å². The van der Waals surface area contributed by atoms with E-state index in [4.69, 9.17) is 0 Å². The van der Waals surface area contributed by atoms with Crippen molar-refractivity contribution in [3.05, 3.63) is 0 Å². The average Bonchev–Trinajstić information content (AvgIpc) is 2.32. The Balaban J connectivity index is 1.75. The van der Waals surface area contributed by atoms with Gasteiger partial charge in [-0.15, -0.1) is 0 Å². The van der Waals surface area contributed by atoms with Crippen molar-refractivity contribution in [2.75, 3.05) is 25.4 Å². The monoisotopic (exact) mass is 342 g/mol. The molecule has 4 nitrogen and oxygen atoms in total. The molecule has 0 spiro atoms. The number of hydrogen-bond acceptors (Lipinski definition) is 3. The van der Waals surface area contributed by atoms with Gasteiger partial charge in [0.1, 0.15) is 0 Å². The van der Waals surface area contributed by atoms with Crippen molar-refractivity contribution in [2.24, 2.45) is 11.8 Å². The second-order valence-corrected chi connectivity index (χ2v) is 8.51. The molecule has 1 heterocycles. The smallest absolute Gasteiger partial charge is 0.295 e. The van der Waals surface area contributed by atoms with Crippen LogP contribution in [0.4, 0.5) is 13.2 Å². The molecule has 2 aliphatic rings. The maximum absolute atomic E-state index is 12.3. The molecule has 8 heteroatoms.